The highest BCUT2D eigenvalue weighted by atomic mass is 16.5. The largest absolute Gasteiger partial charge is 0.491 e. The molecule has 0 spiro atoms. The molecule has 5 heteroatoms. The summed E-state index contributed by atoms with van der Waals surface area (Å²) in [7, 11) is 0. The molecule has 1 rings (SSSR count). The topological polar surface area (TPSA) is 70.6 Å². The zero-order chi connectivity index (χ0) is 18.3. The zero-order valence-corrected chi connectivity index (χ0v) is 15.8. The van der Waals surface area contributed by atoms with E-state index in [1.54, 1.807) is 6.92 Å². The van der Waals surface area contributed by atoms with E-state index in [2.05, 4.69) is 10.6 Å². The molecular formula is C19H32N2O3. The number of aryl methyl sites for hydroxylation is 1. The lowest BCUT2D eigenvalue weighted by atomic mass is 9.87. The lowest BCUT2D eigenvalue weighted by Crippen LogP contribution is -2.41. The fourth-order valence-corrected chi connectivity index (χ4v) is 2.60. The number of nitrogens with one attached hydrogen (secondary N) is 2. The van der Waals surface area contributed by atoms with Gasteiger partial charge in [0.1, 0.15) is 5.75 Å². The molecule has 1 aromatic rings. The number of carbonyl (C=O) groups excluding carboxylic acids is 1. The van der Waals surface area contributed by atoms with Gasteiger partial charge in [0.15, 0.2) is 0 Å². The van der Waals surface area contributed by atoms with Gasteiger partial charge in [-0.1, -0.05) is 26.0 Å². The molecule has 0 radical (unpaired) electrons. The first-order chi connectivity index (χ1) is 11.1. The average Bonchev–Trinajstić information content (AvgIpc) is 2.42. The van der Waals surface area contributed by atoms with Crippen LogP contribution in [0.2, 0.25) is 0 Å². The Balaban J connectivity index is 2.55. The van der Waals surface area contributed by atoms with Gasteiger partial charge in [-0.3, -0.25) is 0 Å². The van der Waals surface area contributed by atoms with Gasteiger partial charge < -0.3 is 20.5 Å². The summed E-state index contributed by atoms with van der Waals surface area (Å²) in [6, 6.07) is 5.75. The number of carbonyl (C=O) groups is 1. The van der Waals surface area contributed by atoms with Gasteiger partial charge >= 0.3 is 6.03 Å². The molecule has 24 heavy (non-hydrogen) atoms. The quantitative estimate of drug-likeness (QED) is 0.681. The second-order valence-corrected chi connectivity index (χ2v) is 7.53. The smallest absolute Gasteiger partial charge is 0.315 e. The maximum atomic E-state index is 12.0. The van der Waals surface area contributed by atoms with Gasteiger partial charge in [-0.2, -0.15) is 0 Å². The predicted octanol–water partition coefficient (Wildman–Crippen LogP) is 3.38. The maximum Gasteiger partial charge on any atom is 0.315 e. The molecule has 0 aromatic heterocycles. The molecule has 1 aromatic carbocycles. The van der Waals surface area contributed by atoms with Crippen LogP contribution in [-0.4, -0.2) is 29.9 Å². The van der Waals surface area contributed by atoms with E-state index >= 15 is 0 Å². The molecule has 0 bridgehead atoms. The first-order valence-corrected chi connectivity index (χ1v) is 8.55. The van der Waals surface area contributed by atoms with Crippen LogP contribution >= 0.6 is 0 Å². The number of aliphatic hydroxyl groups is 1. The standard InChI is InChI=1S/C19H32N2O3/c1-13(2)24-17-9-14(3)7-8-16(17)11-20-18(23)21-12-19(5,6)10-15(4)22/h7-9,13,15,22H,10-12H2,1-6H3,(H2,20,21,23). The molecule has 0 saturated carbocycles. The fourth-order valence-electron chi connectivity index (χ4n) is 2.60. The van der Waals surface area contributed by atoms with Crippen molar-refractivity contribution in [2.24, 2.45) is 5.41 Å². The maximum absolute atomic E-state index is 12.0. The van der Waals surface area contributed by atoms with Crippen molar-refractivity contribution < 1.29 is 14.6 Å². The normalized spacial score (nSPS) is 12.8. The number of benzene rings is 1. The summed E-state index contributed by atoms with van der Waals surface area (Å²) in [5.74, 6) is 0.805. The van der Waals surface area contributed by atoms with E-state index in [0.29, 0.717) is 19.5 Å². The van der Waals surface area contributed by atoms with Crippen LogP contribution in [0.15, 0.2) is 18.2 Å². The number of ether oxygens (including phenoxy) is 1. The van der Waals surface area contributed by atoms with Gasteiger partial charge in [-0.05, 0) is 51.2 Å². The Kier molecular flexibility index (Phi) is 7.55. The Morgan fingerprint density at radius 2 is 1.92 bits per heavy atom. The second-order valence-electron chi connectivity index (χ2n) is 7.53. The van der Waals surface area contributed by atoms with Crippen LogP contribution in [0.25, 0.3) is 0 Å². The molecule has 0 aliphatic rings. The fraction of sp³-hybridized carbons (Fsp3) is 0.632. The van der Waals surface area contributed by atoms with Gasteiger partial charge in [0.2, 0.25) is 0 Å². The molecule has 1 atom stereocenters. The van der Waals surface area contributed by atoms with Gasteiger partial charge in [0.25, 0.3) is 0 Å². The summed E-state index contributed by atoms with van der Waals surface area (Å²) in [6.45, 7) is 12.7. The second kappa shape index (κ2) is 8.92. The van der Waals surface area contributed by atoms with E-state index in [4.69, 9.17) is 4.74 Å². The molecular weight excluding hydrogens is 304 g/mol. The minimum Gasteiger partial charge on any atom is -0.491 e. The third kappa shape index (κ3) is 7.68. The number of urea groups is 1. The third-order valence-corrected chi connectivity index (χ3v) is 3.60. The third-order valence-electron chi connectivity index (χ3n) is 3.60. The number of amides is 2. The molecule has 0 heterocycles. The molecule has 136 valence electrons. The molecule has 2 amide bonds. The number of rotatable bonds is 8. The Morgan fingerprint density at radius 1 is 1.25 bits per heavy atom. The summed E-state index contributed by atoms with van der Waals surface area (Å²) in [6.07, 6.45) is 0.339. The van der Waals surface area contributed by atoms with E-state index in [9.17, 15) is 9.90 Å². The first-order valence-electron chi connectivity index (χ1n) is 8.55. The minimum atomic E-state index is -0.381. The molecule has 3 N–H and O–H groups in total. The highest BCUT2D eigenvalue weighted by Gasteiger charge is 2.21. The lowest BCUT2D eigenvalue weighted by molar-refractivity contribution is 0.129. The van der Waals surface area contributed by atoms with E-state index in [0.717, 1.165) is 16.9 Å². The minimum absolute atomic E-state index is 0.0839. The summed E-state index contributed by atoms with van der Waals surface area (Å²) >= 11 is 0. The van der Waals surface area contributed by atoms with Crippen molar-refractivity contribution in [3.05, 3.63) is 29.3 Å². The molecule has 0 fully saturated rings. The number of aliphatic hydroxyl groups excluding tert-OH is 1. The zero-order valence-electron chi connectivity index (χ0n) is 15.8. The Labute approximate surface area is 145 Å². The van der Waals surface area contributed by atoms with Crippen LogP contribution in [0.3, 0.4) is 0 Å². The summed E-state index contributed by atoms with van der Waals surface area (Å²) in [5, 5.41) is 15.2. The van der Waals surface area contributed by atoms with E-state index in [-0.39, 0.29) is 23.7 Å². The van der Waals surface area contributed by atoms with Crippen LogP contribution in [-0.2, 0) is 6.54 Å². The molecule has 1 unspecified atom stereocenters. The predicted molar refractivity (Wildman–Crippen MR) is 97.3 cm³/mol. The van der Waals surface area contributed by atoms with Crippen LogP contribution in [0.5, 0.6) is 5.75 Å². The SMILES string of the molecule is Cc1ccc(CNC(=O)NCC(C)(C)CC(C)O)c(OC(C)C)c1. The number of hydrogen-bond donors (Lipinski definition) is 3. The molecule has 0 aliphatic heterocycles. The first kappa shape index (κ1) is 20.3. The monoisotopic (exact) mass is 336 g/mol. The average molecular weight is 336 g/mol. The summed E-state index contributed by atoms with van der Waals surface area (Å²) in [4.78, 5) is 12.0. The van der Waals surface area contributed by atoms with Gasteiger partial charge in [-0.15, -0.1) is 0 Å². The highest BCUT2D eigenvalue weighted by molar-refractivity contribution is 5.74. The van der Waals surface area contributed by atoms with E-state index < -0.39 is 0 Å². The van der Waals surface area contributed by atoms with E-state index in [1.807, 2.05) is 52.8 Å². The summed E-state index contributed by atoms with van der Waals surface area (Å²) < 4.78 is 5.82. The van der Waals surface area contributed by atoms with Crippen LogP contribution in [0.4, 0.5) is 4.79 Å². The van der Waals surface area contributed by atoms with Crippen molar-refractivity contribution in [1.82, 2.24) is 10.6 Å². The van der Waals surface area contributed by atoms with E-state index in [1.165, 1.54) is 0 Å². The highest BCUT2D eigenvalue weighted by Crippen LogP contribution is 2.22. The lowest BCUT2D eigenvalue weighted by Gasteiger charge is -2.26. The Morgan fingerprint density at radius 3 is 2.50 bits per heavy atom. The van der Waals surface area contributed by atoms with Crippen molar-refractivity contribution >= 4 is 6.03 Å². The van der Waals surface area contributed by atoms with Gasteiger partial charge in [-0.25, -0.2) is 4.79 Å². The molecule has 5 nitrogen and oxygen atoms in total. The molecule has 0 saturated heterocycles. The van der Waals surface area contributed by atoms with Gasteiger partial charge in [0, 0.05) is 18.7 Å². The van der Waals surface area contributed by atoms with Crippen LogP contribution in [0.1, 0.15) is 52.2 Å². The van der Waals surface area contributed by atoms with Crippen molar-refractivity contribution in [2.75, 3.05) is 6.54 Å². The number of hydrogen-bond acceptors (Lipinski definition) is 3. The van der Waals surface area contributed by atoms with Crippen LogP contribution < -0.4 is 15.4 Å². The Bertz CT molecular complexity index is 539. The molecule has 0 aliphatic carbocycles. The van der Waals surface area contributed by atoms with Crippen LogP contribution in [0, 0.1) is 12.3 Å². The Hall–Kier alpha value is -1.75. The van der Waals surface area contributed by atoms with Crippen molar-refractivity contribution in [3.8, 4) is 5.75 Å². The van der Waals surface area contributed by atoms with Crippen molar-refractivity contribution in [1.29, 1.82) is 0 Å². The van der Waals surface area contributed by atoms with Gasteiger partial charge in [0.05, 0.1) is 12.2 Å². The van der Waals surface area contributed by atoms with Crippen molar-refractivity contribution in [3.63, 3.8) is 0 Å². The summed E-state index contributed by atoms with van der Waals surface area (Å²) in [5.41, 5.74) is 1.92. The van der Waals surface area contributed by atoms with Crippen molar-refractivity contribution in [2.45, 2.75) is 66.7 Å².